The van der Waals surface area contributed by atoms with Crippen LogP contribution in [0.1, 0.15) is 26.6 Å². The van der Waals surface area contributed by atoms with Gasteiger partial charge in [0.15, 0.2) is 5.03 Å². The zero-order chi connectivity index (χ0) is 13.1. The van der Waals surface area contributed by atoms with Gasteiger partial charge in [0, 0.05) is 6.42 Å². The Kier molecular flexibility index (Phi) is 4.26. The fourth-order valence-corrected chi connectivity index (χ4v) is 2.43. The summed E-state index contributed by atoms with van der Waals surface area (Å²) in [7, 11) is -3.70. The van der Waals surface area contributed by atoms with Crippen molar-refractivity contribution in [1.82, 2.24) is 14.7 Å². The van der Waals surface area contributed by atoms with Crippen molar-refractivity contribution in [2.24, 2.45) is 5.92 Å². The smallest absolute Gasteiger partial charge is 0.258 e. The van der Waals surface area contributed by atoms with E-state index in [-0.39, 0.29) is 10.9 Å². The maximum atomic E-state index is 11.9. The number of nitriles is 1. The summed E-state index contributed by atoms with van der Waals surface area (Å²) in [5.74, 6) is 0.506. The van der Waals surface area contributed by atoms with Gasteiger partial charge in [0.25, 0.3) is 10.0 Å². The van der Waals surface area contributed by atoms with E-state index in [2.05, 4.69) is 14.7 Å². The molecule has 1 aromatic heterocycles. The lowest BCUT2D eigenvalue weighted by Gasteiger charge is -2.13. The van der Waals surface area contributed by atoms with Gasteiger partial charge < -0.3 is 4.98 Å². The van der Waals surface area contributed by atoms with E-state index in [4.69, 9.17) is 5.26 Å². The second-order valence-electron chi connectivity index (χ2n) is 4.02. The summed E-state index contributed by atoms with van der Waals surface area (Å²) in [5.41, 5.74) is 0. The first-order chi connectivity index (χ1) is 7.90. The van der Waals surface area contributed by atoms with E-state index in [1.54, 1.807) is 13.8 Å². The quantitative estimate of drug-likeness (QED) is 0.814. The average Bonchev–Trinajstić information content (AvgIpc) is 2.74. The van der Waals surface area contributed by atoms with Crippen LogP contribution < -0.4 is 4.72 Å². The van der Waals surface area contributed by atoms with Crippen LogP contribution in [0, 0.1) is 17.2 Å². The van der Waals surface area contributed by atoms with Gasteiger partial charge in [-0.3, -0.25) is 0 Å². The Bertz CT molecular complexity index is 513. The molecule has 1 heterocycles. The maximum Gasteiger partial charge on any atom is 0.258 e. The number of sulfonamides is 1. The van der Waals surface area contributed by atoms with Gasteiger partial charge in [-0.05, 0) is 5.92 Å². The van der Waals surface area contributed by atoms with Crippen molar-refractivity contribution in [3.8, 4) is 6.07 Å². The second kappa shape index (κ2) is 5.29. The Morgan fingerprint density at radius 1 is 1.59 bits per heavy atom. The third kappa shape index (κ3) is 3.28. The van der Waals surface area contributed by atoms with Crippen molar-refractivity contribution in [3.63, 3.8) is 0 Å². The molecule has 1 rings (SSSR count). The molecule has 17 heavy (non-hydrogen) atoms. The van der Waals surface area contributed by atoms with Gasteiger partial charge in [-0.2, -0.15) is 9.98 Å². The minimum Gasteiger partial charge on any atom is -0.332 e. The Labute approximate surface area is 101 Å². The van der Waals surface area contributed by atoms with E-state index in [9.17, 15) is 8.42 Å². The summed E-state index contributed by atoms with van der Waals surface area (Å²) in [4.78, 5) is 6.62. The molecule has 0 bridgehead atoms. The van der Waals surface area contributed by atoms with Crippen molar-refractivity contribution in [2.45, 2.75) is 38.3 Å². The first kappa shape index (κ1) is 13.7. The Morgan fingerprint density at radius 2 is 2.24 bits per heavy atom. The molecule has 94 valence electrons. The highest BCUT2D eigenvalue weighted by Gasteiger charge is 2.23. The number of hydrogen-bond donors (Lipinski definition) is 2. The highest BCUT2D eigenvalue weighted by molar-refractivity contribution is 7.89. The maximum absolute atomic E-state index is 11.9. The molecule has 0 fully saturated rings. The third-order valence-corrected chi connectivity index (χ3v) is 3.67. The number of aromatic amines is 1. The fourth-order valence-electron chi connectivity index (χ4n) is 1.20. The van der Waals surface area contributed by atoms with Crippen LogP contribution in [-0.4, -0.2) is 24.4 Å². The summed E-state index contributed by atoms with van der Waals surface area (Å²) in [5, 5.41) is 8.85. The lowest BCUT2D eigenvalue weighted by Crippen LogP contribution is -2.37. The monoisotopic (exact) mass is 256 g/mol. The average molecular weight is 256 g/mol. The molecule has 0 amide bonds. The van der Waals surface area contributed by atoms with Crippen LogP contribution in [0.2, 0.25) is 0 Å². The number of rotatable bonds is 5. The molecule has 1 aromatic rings. The molecule has 7 heteroatoms. The van der Waals surface area contributed by atoms with E-state index in [1.807, 2.05) is 13.0 Å². The Morgan fingerprint density at radius 3 is 2.65 bits per heavy atom. The van der Waals surface area contributed by atoms with E-state index in [0.717, 1.165) is 0 Å². The standard InChI is InChI=1S/C10H16N4O2S/c1-4-9-12-6-10(13-9)17(15,16)14-8(5-11)7(2)3/h6-8,14H,4H2,1-3H3,(H,12,13). The summed E-state index contributed by atoms with van der Waals surface area (Å²) in [6, 6.07) is 1.18. The topological polar surface area (TPSA) is 98.6 Å². The molecule has 0 saturated carbocycles. The molecule has 0 aromatic carbocycles. The first-order valence-corrected chi connectivity index (χ1v) is 6.84. The van der Waals surface area contributed by atoms with Gasteiger partial charge in [-0.25, -0.2) is 13.4 Å². The molecule has 0 radical (unpaired) electrons. The minimum atomic E-state index is -3.70. The van der Waals surface area contributed by atoms with Crippen LogP contribution in [0.5, 0.6) is 0 Å². The zero-order valence-corrected chi connectivity index (χ0v) is 10.9. The van der Waals surface area contributed by atoms with E-state index >= 15 is 0 Å². The van der Waals surface area contributed by atoms with Crippen LogP contribution in [0.15, 0.2) is 11.2 Å². The lowest BCUT2D eigenvalue weighted by atomic mass is 10.1. The normalized spacial score (nSPS) is 13.6. The van der Waals surface area contributed by atoms with Crippen LogP contribution in [0.3, 0.4) is 0 Å². The van der Waals surface area contributed by atoms with Crippen molar-refractivity contribution >= 4 is 10.0 Å². The number of nitrogens with zero attached hydrogens (tertiary/aromatic N) is 2. The molecule has 0 saturated heterocycles. The number of hydrogen-bond acceptors (Lipinski definition) is 4. The van der Waals surface area contributed by atoms with Crippen molar-refractivity contribution in [1.29, 1.82) is 5.26 Å². The summed E-state index contributed by atoms with van der Waals surface area (Å²) in [6.07, 6.45) is 1.89. The summed E-state index contributed by atoms with van der Waals surface area (Å²) < 4.78 is 26.1. The molecular formula is C10H16N4O2S. The molecule has 0 aliphatic heterocycles. The molecule has 0 spiro atoms. The number of imidazole rings is 1. The van der Waals surface area contributed by atoms with E-state index < -0.39 is 16.1 Å². The van der Waals surface area contributed by atoms with Crippen LogP contribution >= 0.6 is 0 Å². The highest BCUT2D eigenvalue weighted by Crippen LogP contribution is 2.09. The molecule has 1 unspecified atom stereocenters. The zero-order valence-electron chi connectivity index (χ0n) is 10.1. The van der Waals surface area contributed by atoms with E-state index in [1.165, 1.54) is 6.20 Å². The van der Waals surface area contributed by atoms with Gasteiger partial charge in [0.1, 0.15) is 11.9 Å². The molecule has 2 N–H and O–H groups in total. The molecule has 0 aliphatic rings. The number of nitrogens with one attached hydrogen (secondary N) is 2. The van der Waals surface area contributed by atoms with Gasteiger partial charge in [0.2, 0.25) is 0 Å². The number of H-pyrrole nitrogens is 1. The SMILES string of the molecule is CCc1ncc(S(=O)(=O)NC(C#N)C(C)C)[nH]1. The van der Waals surface area contributed by atoms with Crippen LogP contribution in [-0.2, 0) is 16.4 Å². The predicted molar refractivity (Wildman–Crippen MR) is 62.5 cm³/mol. The van der Waals surface area contributed by atoms with Crippen LogP contribution in [0.25, 0.3) is 0 Å². The number of aromatic nitrogens is 2. The van der Waals surface area contributed by atoms with Crippen molar-refractivity contribution < 1.29 is 8.42 Å². The Balaban J connectivity index is 2.93. The number of aryl methyl sites for hydroxylation is 1. The van der Waals surface area contributed by atoms with Gasteiger partial charge in [-0.15, -0.1) is 0 Å². The molecule has 6 nitrogen and oxygen atoms in total. The summed E-state index contributed by atoms with van der Waals surface area (Å²) in [6.45, 7) is 5.43. The second-order valence-corrected chi connectivity index (χ2v) is 5.70. The predicted octanol–water partition coefficient (Wildman–Crippen LogP) is 0.799. The molecular weight excluding hydrogens is 240 g/mol. The van der Waals surface area contributed by atoms with Crippen molar-refractivity contribution in [3.05, 3.63) is 12.0 Å². The first-order valence-electron chi connectivity index (χ1n) is 5.36. The third-order valence-electron chi connectivity index (χ3n) is 2.32. The van der Waals surface area contributed by atoms with E-state index in [0.29, 0.717) is 12.2 Å². The van der Waals surface area contributed by atoms with Gasteiger partial charge in [-0.1, -0.05) is 20.8 Å². The summed E-state index contributed by atoms with van der Waals surface area (Å²) >= 11 is 0. The molecule has 1 atom stereocenters. The van der Waals surface area contributed by atoms with Crippen LogP contribution in [0.4, 0.5) is 0 Å². The largest absolute Gasteiger partial charge is 0.332 e. The fraction of sp³-hybridized carbons (Fsp3) is 0.600. The van der Waals surface area contributed by atoms with Gasteiger partial charge >= 0.3 is 0 Å². The minimum absolute atomic E-state index is 0.00440. The lowest BCUT2D eigenvalue weighted by molar-refractivity contribution is 0.513. The highest BCUT2D eigenvalue weighted by atomic mass is 32.2. The van der Waals surface area contributed by atoms with Crippen molar-refractivity contribution in [2.75, 3.05) is 0 Å². The Hall–Kier alpha value is -1.39. The molecule has 0 aliphatic carbocycles. The van der Waals surface area contributed by atoms with Gasteiger partial charge in [0.05, 0.1) is 12.3 Å².